The van der Waals surface area contributed by atoms with Crippen molar-refractivity contribution >= 4 is 28.9 Å². The molecule has 0 saturated heterocycles. The Labute approximate surface area is 146 Å². The summed E-state index contributed by atoms with van der Waals surface area (Å²) in [5.41, 5.74) is 6.37. The summed E-state index contributed by atoms with van der Waals surface area (Å²) in [5.74, 6) is -0.560. The number of hydrogen-bond acceptors (Lipinski definition) is 6. The Kier molecular flexibility index (Phi) is 8.65. The Morgan fingerprint density at radius 1 is 1.42 bits per heavy atom. The molecule has 0 aromatic heterocycles. The molecule has 0 aliphatic rings. The van der Waals surface area contributed by atoms with E-state index in [4.69, 9.17) is 32.1 Å². The molecule has 0 saturated carbocycles. The molecule has 7 nitrogen and oxygen atoms in total. The van der Waals surface area contributed by atoms with Gasteiger partial charge in [-0.05, 0) is 32.0 Å². The zero-order chi connectivity index (χ0) is 17.9. The van der Waals surface area contributed by atoms with Crippen LogP contribution in [0.4, 0.5) is 11.4 Å². The zero-order valence-corrected chi connectivity index (χ0v) is 14.4. The highest BCUT2D eigenvalue weighted by Crippen LogP contribution is 2.22. The number of carbonyl (C=O) groups excluding carboxylic acids is 1. The molecule has 130 valence electrons. The Hall–Kier alpha value is -2.27. The summed E-state index contributed by atoms with van der Waals surface area (Å²) < 4.78 is 10.7. The van der Waals surface area contributed by atoms with E-state index in [1.54, 1.807) is 12.1 Å². The standard InChI is InChI=1S/C16H21ClN4O3/c1-3-23-15(24-4-2)10-20-9-11(8-18)16(22)21-12-5-6-14(19)13(17)7-12/h5-7,9,15,20H,3-4,10,19H2,1-2H3,(H,21,22)/b11-9-. The molecule has 0 bridgehead atoms. The van der Waals surface area contributed by atoms with Gasteiger partial charge in [-0.2, -0.15) is 5.26 Å². The number of rotatable bonds is 9. The highest BCUT2D eigenvalue weighted by Gasteiger charge is 2.11. The fourth-order valence-electron chi connectivity index (χ4n) is 1.75. The predicted molar refractivity (Wildman–Crippen MR) is 93.2 cm³/mol. The number of benzene rings is 1. The van der Waals surface area contributed by atoms with Crippen molar-refractivity contribution in [3.8, 4) is 6.07 Å². The average Bonchev–Trinajstić information content (AvgIpc) is 2.55. The summed E-state index contributed by atoms with van der Waals surface area (Å²) in [4.78, 5) is 12.1. The van der Waals surface area contributed by atoms with Crippen LogP contribution in [0.25, 0.3) is 0 Å². The van der Waals surface area contributed by atoms with E-state index in [0.717, 1.165) is 0 Å². The second kappa shape index (κ2) is 10.5. The van der Waals surface area contributed by atoms with Gasteiger partial charge in [0.15, 0.2) is 6.29 Å². The monoisotopic (exact) mass is 352 g/mol. The number of nitriles is 1. The third-order valence-electron chi connectivity index (χ3n) is 2.86. The van der Waals surface area contributed by atoms with Crippen LogP contribution in [0, 0.1) is 11.3 Å². The quantitative estimate of drug-likeness (QED) is 0.272. The lowest BCUT2D eigenvalue weighted by atomic mass is 10.2. The van der Waals surface area contributed by atoms with E-state index in [2.05, 4.69) is 10.6 Å². The van der Waals surface area contributed by atoms with Crippen molar-refractivity contribution < 1.29 is 14.3 Å². The largest absolute Gasteiger partial charge is 0.398 e. The van der Waals surface area contributed by atoms with Crippen LogP contribution in [0.1, 0.15) is 13.8 Å². The molecule has 0 aliphatic carbocycles. The number of nitrogens with two attached hydrogens (primary N) is 1. The second-order valence-electron chi connectivity index (χ2n) is 4.61. The molecule has 4 N–H and O–H groups in total. The summed E-state index contributed by atoms with van der Waals surface area (Å²) in [6.07, 6.45) is 0.870. The van der Waals surface area contributed by atoms with Gasteiger partial charge in [-0.1, -0.05) is 11.6 Å². The Morgan fingerprint density at radius 2 is 2.08 bits per heavy atom. The third kappa shape index (κ3) is 6.46. The lowest BCUT2D eigenvalue weighted by Gasteiger charge is -2.16. The molecule has 0 heterocycles. The Morgan fingerprint density at radius 3 is 2.62 bits per heavy atom. The molecule has 1 rings (SSSR count). The van der Waals surface area contributed by atoms with E-state index in [-0.39, 0.29) is 5.57 Å². The van der Waals surface area contributed by atoms with Gasteiger partial charge < -0.3 is 25.8 Å². The van der Waals surface area contributed by atoms with Crippen LogP contribution in [0.5, 0.6) is 0 Å². The van der Waals surface area contributed by atoms with Crippen LogP contribution in [-0.2, 0) is 14.3 Å². The van der Waals surface area contributed by atoms with Crippen molar-refractivity contribution in [2.75, 3.05) is 30.8 Å². The predicted octanol–water partition coefficient (Wildman–Crippen LogP) is 2.26. The number of amides is 1. The number of nitrogens with zero attached hydrogens (tertiary/aromatic N) is 1. The van der Waals surface area contributed by atoms with E-state index in [1.165, 1.54) is 12.3 Å². The smallest absolute Gasteiger partial charge is 0.267 e. The second-order valence-corrected chi connectivity index (χ2v) is 5.02. The molecule has 1 amide bonds. The maximum Gasteiger partial charge on any atom is 0.267 e. The Balaban J connectivity index is 2.65. The number of halogens is 1. The number of hydrogen-bond donors (Lipinski definition) is 3. The average molecular weight is 353 g/mol. The first-order valence-electron chi connectivity index (χ1n) is 7.45. The zero-order valence-electron chi connectivity index (χ0n) is 13.6. The summed E-state index contributed by atoms with van der Waals surface area (Å²) in [7, 11) is 0. The summed E-state index contributed by atoms with van der Waals surface area (Å²) >= 11 is 5.89. The van der Waals surface area contributed by atoms with E-state index < -0.39 is 12.2 Å². The molecule has 0 unspecified atom stereocenters. The van der Waals surface area contributed by atoms with Gasteiger partial charge in [-0.15, -0.1) is 0 Å². The van der Waals surface area contributed by atoms with Gasteiger partial charge in [0, 0.05) is 25.1 Å². The van der Waals surface area contributed by atoms with Crippen molar-refractivity contribution in [1.29, 1.82) is 5.26 Å². The van der Waals surface area contributed by atoms with Gasteiger partial charge in [0.2, 0.25) is 0 Å². The topological polar surface area (TPSA) is 109 Å². The lowest BCUT2D eigenvalue weighted by Crippen LogP contribution is -2.29. The fraction of sp³-hybridized carbons (Fsp3) is 0.375. The number of carbonyl (C=O) groups is 1. The molecule has 24 heavy (non-hydrogen) atoms. The summed E-state index contributed by atoms with van der Waals surface area (Å²) in [5, 5.41) is 14.9. The SMILES string of the molecule is CCOC(CN/C=C(/C#N)C(=O)Nc1ccc(N)c(Cl)c1)OCC. The minimum Gasteiger partial charge on any atom is -0.398 e. The van der Waals surface area contributed by atoms with Gasteiger partial charge in [-0.25, -0.2) is 0 Å². The fourth-order valence-corrected chi connectivity index (χ4v) is 1.93. The number of nitrogens with one attached hydrogen (secondary N) is 2. The van der Waals surface area contributed by atoms with E-state index in [0.29, 0.717) is 36.2 Å². The van der Waals surface area contributed by atoms with Crippen LogP contribution in [0.2, 0.25) is 5.02 Å². The highest BCUT2D eigenvalue weighted by molar-refractivity contribution is 6.33. The maximum absolute atomic E-state index is 12.1. The van der Waals surface area contributed by atoms with Gasteiger partial charge >= 0.3 is 0 Å². The summed E-state index contributed by atoms with van der Waals surface area (Å²) in [6.45, 7) is 5.02. The molecule has 1 aromatic rings. The van der Waals surface area contributed by atoms with Gasteiger partial charge in [0.05, 0.1) is 17.3 Å². The first-order chi connectivity index (χ1) is 11.5. The van der Waals surface area contributed by atoms with Crippen LogP contribution in [-0.4, -0.2) is 32.0 Å². The van der Waals surface area contributed by atoms with Crippen molar-refractivity contribution in [2.45, 2.75) is 20.1 Å². The normalized spacial score (nSPS) is 11.2. The van der Waals surface area contributed by atoms with Gasteiger partial charge in [0.25, 0.3) is 5.91 Å². The van der Waals surface area contributed by atoms with Crippen molar-refractivity contribution in [1.82, 2.24) is 5.32 Å². The molecule has 1 aromatic carbocycles. The van der Waals surface area contributed by atoms with Gasteiger partial charge in [0.1, 0.15) is 11.6 Å². The maximum atomic E-state index is 12.1. The first kappa shape index (κ1) is 19.8. The van der Waals surface area contributed by atoms with Crippen LogP contribution in [0.3, 0.4) is 0 Å². The number of nitrogen functional groups attached to an aromatic ring is 1. The van der Waals surface area contributed by atoms with E-state index >= 15 is 0 Å². The highest BCUT2D eigenvalue weighted by atomic mass is 35.5. The van der Waals surface area contributed by atoms with Crippen molar-refractivity contribution in [2.24, 2.45) is 0 Å². The lowest BCUT2D eigenvalue weighted by molar-refractivity contribution is -0.131. The molecule has 0 aliphatic heterocycles. The minimum absolute atomic E-state index is 0.0882. The first-order valence-corrected chi connectivity index (χ1v) is 7.82. The minimum atomic E-state index is -0.560. The molecular weight excluding hydrogens is 332 g/mol. The molecule has 8 heteroatoms. The molecule has 0 radical (unpaired) electrons. The Bertz CT molecular complexity index is 622. The van der Waals surface area contributed by atoms with Gasteiger partial charge in [-0.3, -0.25) is 4.79 Å². The van der Waals surface area contributed by atoms with E-state index in [1.807, 2.05) is 19.9 Å². The molecule has 0 atom stereocenters. The number of ether oxygens (including phenoxy) is 2. The van der Waals surface area contributed by atoms with Crippen LogP contribution < -0.4 is 16.4 Å². The van der Waals surface area contributed by atoms with Crippen LogP contribution in [0.15, 0.2) is 30.0 Å². The molecule has 0 fully saturated rings. The van der Waals surface area contributed by atoms with Crippen molar-refractivity contribution in [3.05, 3.63) is 35.0 Å². The molecular formula is C16H21ClN4O3. The van der Waals surface area contributed by atoms with Crippen molar-refractivity contribution in [3.63, 3.8) is 0 Å². The number of anilines is 2. The molecule has 0 spiro atoms. The summed E-state index contributed by atoms with van der Waals surface area (Å²) in [6, 6.07) is 6.51. The third-order valence-corrected chi connectivity index (χ3v) is 3.19. The van der Waals surface area contributed by atoms with Crippen LogP contribution >= 0.6 is 11.6 Å². The van der Waals surface area contributed by atoms with E-state index in [9.17, 15) is 4.79 Å².